The molecule has 1 saturated heterocycles. The van der Waals surface area contributed by atoms with Gasteiger partial charge >= 0.3 is 0 Å². The van der Waals surface area contributed by atoms with E-state index in [4.69, 9.17) is 18.7 Å². The van der Waals surface area contributed by atoms with Crippen LogP contribution in [0.1, 0.15) is 27.7 Å². The molecule has 0 bridgehead atoms. The van der Waals surface area contributed by atoms with Gasteiger partial charge in [0.05, 0.1) is 18.7 Å². The van der Waals surface area contributed by atoms with Crippen molar-refractivity contribution >= 4 is 29.5 Å². The first-order valence-corrected chi connectivity index (χ1v) is 10.8. The molecule has 0 aromatic rings. The van der Waals surface area contributed by atoms with Crippen molar-refractivity contribution in [2.45, 2.75) is 63.8 Å². The lowest BCUT2D eigenvalue weighted by molar-refractivity contribution is -0.0415. The summed E-state index contributed by atoms with van der Waals surface area (Å²) in [5.41, 5.74) is 0.414. The Morgan fingerprint density at radius 2 is 1.90 bits per heavy atom. The predicted molar refractivity (Wildman–Crippen MR) is 97.4 cm³/mol. The molecule has 7 heteroatoms. The highest BCUT2D eigenvalue weighted by Gasteiger charge is 2.46. The van der Waals surface area contributed by atoms with Crippen LogP contribution in [0.3, 0.4) is 0 Å². The molecule has 1 aliphatic rings. The van der Waals surface area contributed by atoms with Crippen molar-refractivity contribution < 1.29 is 18.7 Å². The summed E-state index contributed by atoms with van der Waals surface area (Å²) < 4.78 is 23.9. The Morgan fingerprint density at radius 3 is 2.33 bits per heavy atom. The van der Waals surface area contributed by atoms with Gasteiger partial charge in [-0.2, -0.15) is 9.12 Å². The van der Waals surface area contributed by atoms with Crippen LogP contribution >= 0.6 is 16.2 Å². The molecule has 1 heterocycles. The van der Waals surface area contributed by atoms with Gasteiger partial charge in [0.15, 0.2) is 7.00 Å². The highest BCUT2D eigenvalue weighted by Crippen LogP contribution is 2.50. The molecular weight excluding hydrogens is 305 g/mol. The van der Waals surface area contributed by atoms with Crippen molar-refractivity contribution in [1.82, 2.24) is 0 Å². The molecule has 124 valence electrons. The summed E-state index contributed by atoms with van der Waals surface area (Å²) in [6.45, 7) is 11.8. The van der Waals surface area contributed by atoms with Crippen molar-refractivity contribution in [3.8, 4) is 0 Å². The van der Waals surface area contributed by atoms with Crippen LogP contribution in [0.15, 0.2) is 0 Å². The fourth-order valence-corrected chi connectivity index (χ4v) is 3.66. The SMILES string of the molecule is C=P(C)(O[C@@H]1C(OC)[C@H](BP)O[C@@H]1COC(C)C)C(C)C. The molecule has 0 saturated carbocycles. The third-order valence-corrected chi connectivity index (χ3v) is 7.33. The lowest BCUT2D eigenvalue weighted by atomic mass is 9.91. The average Bonchev–Trinajstić information content (AvgIpc) is 2.72. The van der Waals surface area contributed by atoms with E-state index in [1.807, 2.05) is 13.8 Å². The Labute approximate surface area is 133 Å². The standard InChI is InChI=1S/C14H31BO4P2/c1-9(2)17-8-11-12(19-21(6,7)10(3)4)13(16-5)14(15-20)18-11/h9-15H,6,8,20H2,1-5,7H3/t11-,12+,13?,14-,21?/m1/s1. The summed E-state index contributed by atoms with van der Waals surface area (Å²) in [6.07, 6.45) is 4.22. The van der Waals surface area contributed by atoms with Crippen molar-refractivity contribution in [1.29, 1.82) is 0 Å². The van der Waals surface area contributed by atoms with E-state index < -0.39 is 7.11 Å². The van der Waals surface area contributed by atoms with E-state index in [2.05, 4.69) is 35.9 Å². The summed E-state index contributed by atoms with van der Waals surface area (Å²) in [6, 6.07) is 0.0259. The summed E-state index contributed by atoms with van der Waals surface area (Å²) in [5.74, 6) is 0. The van der Waals surface area contributed by atoms with E-state index in [0.717, 1.165) is 7.00 Å². The van der Waals surface area contributed by atoms with E-state index >= 15 is 0 Å². The molecule has 0 N–H and O–H groups in total. The van der Waals surface area contributed by atoms with E-state index in [1.54, 1.807) is 7.11 Å². The van der Waals surface area contributed by atoms with Crippen LogP contribution in [0.4, 0.5) is 0 Å². The maximum absolute atomic E-state index is 6.40. The van der Waals surface area contributed by atoms with Crippen molar-refractivity contribution in [3.63, 3.8) is 0 Å². The molecule has 0 aromatic carbocycles. The summed E-state index contributed by atoms with van der Waals surface area (Å²) in [7, 11) is 2.74. The largest absolute Gasteiger partial charge is 0.377 e. The van der Waals surface area contributed by atoms with E-state index in [9.17, 15) is 0 Å². The summed E-state index contributed by atoms with van der Waals surface area (Å²) >= 11 is 0. The second kappa shape index (κ2) is 8.48. The first kappa shape index (κ1) is 19.7. The quantitative estimate of drug-likeness (QED) is 0.503. The van der Waals surface area contributed by atoms with Crippen LogP contribution < -0.4 is 0 Å². The minimum atomic E-state index is -1.71. The molecule has 6 atom stereocenters. The highest BCUT2D eigenvalue weighted by molar-refractivity contribution is 7.69. The van der Waals surface area contributed by atoms with Crippen LogP contribution in [-0.2, 0) is 18.7 Å². The Kier molecular flexibility index (Phi) is 7.94. The van der Waals surface area contributed by atoms with Crippen LogP contribution in [0.5, 0.6) is 0 Å². The number of ether oxygens (including phenoxy) is 3. The van der Waals surface area contributed by atoms with Crippen molar-refractivity contribution in [2.75, 3.05) is 20.4 Å². The molecule has 3 unspecified atom stereocenters. The second-order valence-electron chi connectivity index (χ2n) is 6.37. The predicted octanol–water partition coefficient (Wildman–Crippen LogP) is 2.17. The monoisotopic (exact) mass is 336 g/mol. The van der Waals surface area contributed by atoms with Crippen LogP contribution in [0.2, 0.25) is 0 Å². The van der Waals surface area contributed by atoms with Gasteiger partial charge in [-0.05, 0) is 26.2 Å². The normalized spacial score (nSPS) is 32.6. The Bertz CT molecular complexity index is 365. The first-order chi connectivity index (χ1) is 9.72. The van der Waals surface area contributed by atoms with Gasteiger partial charge < -0.3 is 18.7 Å². The Morgan fingerprint density at radius 1 is 1.29 bits per heavy atom. The molecule has 0 aromatic heterocycles. The molecule has 1 rings (SSSR count). The molecule has 0 spiro atoms. The van der Waals surface area contributed by atoms with Gasteiger partial charge in [-0.1, -0.05) is 20.1 Å². The third-order valence-electron chi connectivity index (χ3n) is 3.96. The lowest BCUT2D eigenvalue weighted by Gasteiger charge is -2.32. The van der Waals surface area contributed by atoms with Crippen molar-refractivity contribution in [3.05, 3.63) is 0 Å². The van der Waals surface area contributed by atoms with Gasteiger partial charge in [-0.15, -0.1) is 0 Å². The molecule has 0 radical (unpaired) electrons. The zero-order valence-electron chi connectivity index (χ0n) is 14.2. The van der Waals surface area contributed by atoms with Gasteiger partial charge in [0.25, 0.3) is 0 Å². The zero-order chi connectivity index (χ0) is 16.2. The Hall–Kier alpha value is 0.635. The van der Waals surface area contributed by atoms with E-state index in [-0.39, 0.29) is 30.4 Å². The maximum Gasteiger partial charge on any atom is 0.184 e. The van der Waals surface area contributed by atoms with Gasteiger partial charge in [0.1, 0.15) is 18.3 Å². The van der Waals surface area contributed by atoms with Crippen LogP contribution in [0.25, 0.3) is 0 Å². The molecular formula is C14H31BO4P2. The van der Waals surface area contributed by atoms with Gasteiger partial charge in [-0.3, -0.25) is 0 Å². The topological polar surface area (TPSA) is 36.9 Å². The van der Waals surface area contributed by atoms with Crippen LogP contribution in [0, 0.1) is 0 Å². The van der Waals surface area contributed by atoms with Gasteiger partial charge in [0, 0.05) is 14.2 Å². The molecule has 1 aliphatic heterocycles. The fourth-order valence-electron chi connectivity index (χ4n) is 2.23. The Balaban J connectivity index is 2.86. The second-order valence-corrected chi connectivity index (χ2v) is 10.4. The number of rotatable bonds is 8. The fraction of sp³-hybridized carbons (Fsp3) is 0.929. The lowest BCUT2D eigenvalue weighted by Crippen LogP contribution is -2.39. The summed E-state index contributed by atoms with van der Waals surface area (Å²) in [5, 5.41) is 0. The molecule has 0 aliphatic carbocycles. The first-order valence-electron chi connectivity index (χ1n) is 7.61. The molecule has 1 fully saturated rings. The van der Waals surface area contributed by atoms with Crippen LogP contribution in [-0.4, -0.2) is 69.8 Å². The maximum atomic E-state index is 6.40. The van der Waals surface area contributed by atoms with E-state index in [1.165, 1.54) is 0 Å². The number of methoxy groups -OCH3 is 1. The van der Waals surface area contributed by atoms with Crippen molar-refractivity contribution in [2.24, 2.45) is 0 Å². The number of hydrogen-bond acceptors (Lipinski definition) is 4. The van der Waals surface area contributed by atoms with E-state index in [0.29, 0.717) is 12.3 Å². The number of hydrogen-bond donors (Lipinski definition) is 0. The van der Waals surface area contributed by atoms with Gasteiger partial charge in [0.2, 0.25) is 0 Å². The smallest absolute Gasteiger partial charge is 0.184 e. The third kappa shape index (κ3) is 5.34. The summed E-state index contributed by atoms with van der Waals surface area (Å²) in [4.78, 5) is 0. The van der Waals surface area contributed by atoms with Gasteiger partial charge in [-0.25, -0.2) is 0 Å². The molecule has 0 amide bonds. The molecule has 21 heavy (non-hydrogen) atoms. The zero-order valence-corrected chi connectivity index (χ0v) is 16.3. The highest BCUT2D eigenvalue weighted by atomic mass is 31.2. The minimum absolute atomic E-state index is 0.0259. The minimum Gasteiger partial charge on any atom is -0.377 e. The molecule has 4 nitrogen and oxygen atoms in total. The average molecular weight is 336 g/mol.